The number of hydrogen-bond acceptors (Lipinski definition) is 1. The fourth-order valence-corrected chi connectivity index (χ4v) is 2.85. The zero-order valence-corrected chi connectivity index (χ0v) is 10.3. The molecule has 2 heterocycles. The first kappa shape index (κ1) is 11.7. The molecule has 1 aliphatic heterocycles. The van der Waals surface area contributed by atoms with E-state index in [0.717, 1.165) is 42.6 Å². The summed E-state index contributed by atoms with van der Waals surface area (Å²) >= 11 is 0. The zero-order chi connectivity index (χ0) is 12.7. The second-order valence-corrected chi connectivity index (χ2v) is 5.02. The van der Waals surface area contributed by atoms with E-state index in [1.54, 1.807) is 0 Å². The molecule has 2 N–H and O–H groups in total. The minimum absolute atomic E-state index is 0.414. The third-order valence-electron chi connectivity index (χ3n) is 3.84. The quantitative estimate of drug-likeness (QED) is 0.799. The van der Waals surface area contributed by atoms with Gasteiger partial charge < -0.3 is 10.3 Å². The average molecular weight is 250 g/mol. The number of aryl methyl sites for hydroxylation is 1. The van der Waals surface area contributed by atoms with Crippen molar-refractivity contribution in [1.29, 1.82) is 0 Å². The van der Waals surface area contributed by atoms with E-state index in [0.29, 0.717) is 11.4 Å². The predicted molar refractivity (Wildman–Crippen MR) is 67.8 cm³/mol. The van der Waals surface area contributed by atoms with Crippen LogP contribution in [0.25, 0.3) is 10.9 Å². The van der Waals surface area contributed by atoms with Crippen LogP contribution in [0.3, 0.4) is 0 Å². The van der Waals surface area contributed by atoms with Crippen LogP contribution >= 0.6 is 0 Å². The third kappa shape index (κ3) is 1.81. The Morgan fingerprint density at radius 1 is 1.22 bits per heavy atom. The van der Waals surface area contributed by atoms with Crippen LogP contribution in [0.4, 0.5) is 8.78 Å². The number of piperidine rings is 1. The van der Waals surface area contributed by atoms with Crippen LogP contribution in [0.5, 0.6) is 0 Å². The standard InChI is InChI=1S/C14H16F2N2/c1-8-10-5-11(15)12(16)6-13(10)18-14(8)9-3-2-4-17-7-9/h5-6,9,17-18H,2-4,7H2,1H3. The van der Waals surface area contributed by atoms with Crippen LogP contribution in [0.1, 0.15) is 30.0 Å². The van der Waals surface area contributed by atoms with Gasteiger partial charge >= 0.3 is 0 Å². The van der Waals surface area contributed by atoms with Gasteiger partial charge in [-0.05, 0) is 37.9 Å². The lowest BCUT2D eigenvalue weighted by atomic mass is 9.93. The molecule has 0 bridgehead atoms. The molecule has 1 aliphatic rings. The molecule has 1 aromatic heterocycles. The normalized spacial score (nSPS) is 20.5. The van der Waals surface area contributed by atoms with Crippen LogP contribution in [0.15, 0.2) is 12.1 Å². The number of benzene rings is 1. The minimum atomic E-state index is -0.794. The molecule has 2 aromatic rings. The number of nitrogens with one attached hydrogen (secondary N) is 2. The molecule has 3 rings (SSSR count). The van der Waals surface area contributed by atoms with Crippen LogP contribution in [0, 0.1) is 18.6 Å². The van der Waals surface area contributed by atoms with Gasteiger partial charge in [0.05, 0.1) is 0 Å². The fraction of sp³-hybridized carbons (Fsp3) is 0.429. The summed E-state index contributed by atoms with van der Waals surface area (Å²) in [4.78, 5) is 3.25. The summed E-state index contributed by atoms with van der Waals surface area (Å²) in [6.45, 7) is 3.96. The topological polar surface area (TPSA) is 27.8 Å². The smallest absolute Gasteiger partial charge is 0.160 e. The van der Waals surface area contributed by atoms with Crippen molar-refractivity contribution in [3.05, 3.63) is 35.0 Å². The SMILES string of the molecule is Cc1c(C2CCCNC2)[nH]c2cc(F)c(F)cc12. The average Bonchev–Trinajstić information content (AvgIpc) is 2.69. The van der Waals surface area contributed by atoms with E-state index < -0.39 is 11.6 Å². The molecule has 0 aliphatic carbocycles. The molecule has 0 saturated carbocycles. The first-order valence-corrected chi connectivity index (χ1v) is 6.34. The van der Waals surface area contributed by atoms with Crippen molar-refractivity contribution in [2.24, 2.45) is 0 Å². The van der Waals surface area contributed by atoms with Crippen LogP contribution in [0.2, 0.25) is 0 Å². The number of H-pyrrole nitrogens is 1. The Morgan fingerprint density at radius 3 is 2.72 bits per heavy atom. The van der Waals surface area contributed by atoms with E-state index >= 15 is 0 Å². The maximum atomic E-state index is 13.3. The third-order valence-corrected chi connectivity index (χ3v) is 3.84. The second-order valence-electron chi connectivity index (χ2n) is 5.02. The highest BCUT2D eigenvalue weighted by Gasteiger charge is 2.20. The molecule has 1 atom stereocenters. The number of hydrogen-bond donors (Lipinski definition) is 2. The lowest BCUT2D eigenvalue weighted by Gasteiger charge is -2.22. The molecular formula is C14H16F2N2. The molecule has 1 saturated heterocycles. The number of halogens is 2. The zero-order valence-electron chi connectivity index (χ0n) is 10.3. The van der Waals surface area contributed by atoms with E-state index in [2.05, 4.69) is 10.3 Å². The van der Waals surface area contributed by atoms with Crippen LogP contribution < -0.4 is 5.32 Å². The molecule has 96 valence electrons. The van der Waals surface area contributed by atoms with E-state index in [1.807, 2.05) is 6.92 Å². The molecule has 0 radical (unpaired) electrons. The Morgan fingerprint density at radius 2 is 2.00 bits per heavy atom. The summed E-state index contributed by atoms with van der Waals surface area (Å²) in [6.07, 6.45) is 2.26. The molecule has 18 heavy (non-hydrogen) atoms. The summed E-state index contributed by atoms with van der Waals surface area (Å²) in [5.74, 6) is -1.16. The van der Waals surface area contributed by atoms with Gasteiger partial charge in [-0.1, -0.05) is 0 Å². The molecule has 2 nitrogen and oxygen atoms in total. The lowest BCUT2D eigenvalue weighted by Crippen LogP contribution is -2.28. The van der Waals surface area contributed by atoms with Gasteiger partial charge in [-0.25, -0.2) is 8.78 Å². The Balaban J connectivity index is 2.10. The first-order valence-electron chi connectivity index (χ1n) is 6.34. The van der Waals surface area contributed by atoms with E-state index in [9.17, 15) is 8.78 Å². The van der Waals surface area contributed by atoms with Crippen molar-refractivity contribution in [2.75, 3.05) is 13.1 Å². The summed E-state index contributed by atoms with van der Waals surface area (Å²) < 4.78 is 26.5. The molecule has 0 spiro atoms. The maximum Gasteiger partial charge on any atom is 0.160 e. The maximum absolute atomic E-state index is 13.3. The van der Waals surface area contributed by atoms with Gasteiger partial charge in [0.2, 0.25) is 0 Å². The number of aromatic amines is 1. The van der Waals surface area contributed by atoms with Gasteiger partial charge in [0.15, 0.2) is 11.6 Å². The molecule has 4 heteroatoms. The lowest BCUT2D eigenvalue weighted by molar-refractivity contribution is 0.455. The Labute approximate surface area is 104 Å². The molecule has 0 amide bonds. The van der Waals surface area contributed by atoms with E-state index in [-0.39, 0.29) is 0 Å². The summed E-state index contributed by atoms with van der Waals surface area (Å²) in [6, 6.07) is 2.54. The first-order chi connectivity index (χ1) is 8.66. The van der Waals surface area contributed by atoms with Gasteiger partial charge in [-0.2, -0.15) is 0 Å². The van der Waals surface area contributed by atoms with Crippen molar-refractivity contribution < 1.29 is 8.78 Å². The molecule has 1 fully saturated rings. The largest absolute Gasteiger partial charge is 0.358 e. The van der Waals surface area contributed by atoms with Crippen molar-refractivity contribution >= 4 is 10.9 Å². The summed E-state index contributed by atoms with van der Waals surface area (Å²) in [7, 11) is 0. The number of fused-ring (bicyclic) bond motifs is 1. The molecule has 1 aromatic carbocycles. The van der Waals surface area contributed by atoms with E-state index in [1.165, 1.54) is 12.1 Å². The summed E-state index contributed by atoms with van der Waals surface area (Å²) in [5, 5.41) is 4.15. The van der Waals surface area contributed by atoms with Gasteiger partial charge in [0.25, 0.3) is 0 Å². The monoisotopic (exact) mass is 250 g/mol. The highest BCUT2D eigenvalue weighted by Crippen LogP contribution is 2.31. The van der Waals surface area contributed by atoms with E-state index in [4.69, 9.17) is 0 Å². The van der Waals surface area contributed by atoms with Crippen LogP contribution in [-0.4, -0.2) is 18.1 Å². The Bertz CT molecular complexity index is 583. The molecular weight excluding hydrogens is 234 g/mol. The van der Waals surface area contributed by atoms with Crippen molar-refractivity contribution in [3.8, 4) is 0 Å². The highest BCUT2D eigenvalue weighted by molar-refractivity contribution is 5.84. The fourth-order valence-electron chi connectivity index (χ4n) is 2.85. The summed E-state index contributed by atoms with van der Waals surface area (Å²) in [5.41, 5.74) is 2.84. The van der Waals surface area contributed by atoms with Gasteiger partial charge in [0, 0.05) is 35.1 Å². The number of rotatable bonds is 1. The van der Waals surface area contributed by atoms with Crippen LogP contribution in [-0.2, 0) is 0 Å². The minimum Gasteiger partial charge on any atom is -0.358 e. The van der Waals surface area contributed by atoms with Crippen molar-refractivity contribution in [3.63, 3.8) is 0 Å². The van der Waals surface area contributed by atoms with Gasteiger partial charge in [-0.3, -0.25) is 0 Å². The van der Waals surface area contributed by atoms with Crippen molar-refractivity contribution in [1.82, 2.24) is 10.3 Å². The van der Waals surface area contributed by atoms with Gasteiger partial charge in [0.1, 0.15) is 0 Å². The number of aromatic nitrogens is 1. The highest BCUT2D eigenvalue weighted by atomic mass is 19.2. The molecule has 1 unspecified atom stereocenters. The Kier molecular flexibility index (Phi) is 2.82. The van der Waals surface area contributed by atoms with Crippen molar-refractivity contribution in [2.45, 2.75) is 25.7 Å². The second kappa shape index (κ2) is 4.35. The predicted octanol–water partition coefficient (Wildman–Crippen LogP) is 3.22. The Hall–Kier alpha value is -1.42. The van der Waals surface area contributed by atoms with Gasteiger partial charge in [-0.15, -0.1) is 0 Å².